The highest BCUT2D eigenvalue weighted by atomic mass is 79.9. The fourth-order valence-electron chi connectivity index (χ4n) is 1.32. The minimum atomic E-state index is -0.131. The van der Waals surface area contributed by atoms with Crippen molar-refractivity contribution >= 4 is 21.8 Å². The van der Waals surface area contributed by atoms with Gasteiger partial charge >= 0.3 is 0 Å². The average Bonchev–Trinajstić information content (AvgIpc) is 2.26. The maximum absolute atomic E-state index is 11.6. The predicted molar refractivity (Wildman–Crippen MR) is 66.5 cm³/mol. The molecule has 0 saturated heterocycles. The summed E-state index contributed by atoms with van der Waals surface area (Å²) in [5.74, 6) is 0.482. The number of amides is 1. The first-order valence-corrected chi connectivity index (χ1v) is 6.18. The summed E-state index contributed by atoms with van der Waals surface area (Å²) in [7, 11) is 0. The summed E-state index contributed by atoms with van der Waals surface area (Å²) in [5.41, 5.74) is 0.492. The lowest BCUT2D eigenvalue weighted by Crippen LogP contribution is -2.30. The number of carbonyl (C=O) groups excluding carboxylic acids is 1. The summed E-state index contributed by atoms with van der Waals surface area (Å²) >= 11 is 3.53. The number of hydrogen-bond acceptors (Lipinski definition) is 3. The zero-order valence-corrected chi connectivity index (χ0v) is 11.1. The number of halogens is 1. The molecule has 88 valence electrons. The smallest absolute Gasteiger partial charge is 0.254 e. The molecule has 0 aromatic carbocycles. The highest BCUT2D eigenvalue weighted by Crippen LogP contribution is 2.11. The zero-order chi connectivity index (χ0) is 12.0. The van der Waals surface area contributed by atoms with Crippen LogP contribution in [0.2, 0.25) is 0 Å². The van der Waals surface area contributed by atoms with Gasteiger partial charge in [-0.25, -0.2) is 9.97 Å². The van der Waals surface area contributed by atoms with Crippen LogP contribution in [-0.4, -0.2) is 27.2 Å². The van der Waals surface area contributed by atoms with E-state index in [0.29, 0.717) is 22.9 Å². The molecule has 0 fully saturated rings. The maximum Gasteiger partial charge on any atom is 0.254 e. The van der Waals surface area contributed by atoms with Crippen molar-refractivity contribution in [2.24, 2.45) is 5.92 Å². The topological polar surface area (TPSA) is 54.9 Å². The van der Waals surface area contributed by atoms with Gasteiger partial charge in [-0.05, 0) is 12.3 Å². The van der Waals surface area contributed by atoms with Crippen LogP contribution in [0.4, 0.5) is 0 Å². The lowest BCUT2D eigenvalue weighted by Gasteiger charge is -2.12. The highest BCUT2D eigenvalue weighted by Gasteiger charge is 2.10. The van der Waals surface area contributed by atoms with E-state index in [1.54, 1.807) is 0 Å². The van der Waals surface area contributed by atoms with Crippen LogP contribution in [0.15, 0.2) is 18.7 Å². The SMILES string of the molecule is CC(C)CC(Br)CNC(=O)c1cncnc1. The van der Waals surface area contributed by atoms with Crippen molar-refractivity contribution in [2.75, 3.05) is 6.54 Å². The van der Waals surface area contributed by atoms with Crippen molar-refractivity contribution in [2.45, 2.75) is 25.1 Å². The van der Waals surface area contributed by atoms with E-state index in [4.69, 9.17) is 0 Å². The van der Waals surface area contributed by atoms with Gasteiger partial charge in [0, 0.05) is 23.8 Å². The van der Waals surface area contributed by atoms with Gasteiger partial charge in [0.2, 0.25) is 0 Å². The summed E-state index contributed by atoms with van der Waals surface area (Å²) in [6.07, 6.45) is 5.45. The van der Waals surface area contributed by atoms with E-state index in [1.807, 2.05) is 0 Å². The largest absolute Gasteiger partial charge is 0.351 e. The molecule has 5 heteroatoms. The van der Waals surface area contributed by atoms with Crippen LogP contribution >= 0.6 is 15.9 Å². The van der Waals surface area contributed by atoms with Crippen molar-refractivity contribution in [1.82, 2.24) is 15.3 Å². The van der Waals surface area contributed by atoms with Gasteiger partial charge in [-0.3, -0.25) is 4.79 Å². The van der Waals surface area contributed by atoms with Gasteiger partial charge in [0.1, 0.15) is 6.33 Å². The number of rotatable bonds is 5. The zero-order valence-electron chi connectivity index (χ0n) is 9.48. The van der Waals surface area contributed by atoms with E-state index in [-0.39, 0.29) is 5.91 Å². The van der Waals surface area contributed by atoms with Gasteiger partial charge < -0.3 is 5.32 Å². The van der Waals surface area contributed by atoms with Gasteiger partial charge in [0.15, 0.2) is 0 Å². The second kappa shape index (κ2) is 6.58. The Morgan fingerprint density at radius 3 is 2.62 bits per heavy atom. The van der Waals surface area contributed by atoms with Gasteiger partial charge in [0.05, 0.1) is 5.56 Å². The summed E-state index contributed by atoms with van der Waals surface area (Å²) in [6, 6.07) is 0. The van der Waals surface area contributed by atoms with E-state index < -0.39 is 0 Å². The van der Waals surface area contributed by atoms with Crippen LogP contribution in [-0.2, 0) is 0 Å². The normalized spacial score (nSPS) is 12.5. The van der Waals surface area contributed by atoms with E-state index in [2.05, 4.69) is 45.1 Å². The molecule has 4 nitrogen and oxygen atoms in total. The molecule has 0 spiro atoms. The molecule has 0 bridgehead atoms. The third-order valence-electron chi connectivity index (χ3n) is 2.03. The maximum atomic E-state index is 11.6. The Morgan fingerprint density at radius 1 is 1.44 bits per heavy atom. The van der Waals surface area contributed by atoms with Gasteiger partial charge in [0.25, 0.3) is 5.91 Å². The molecular formula is C11H16BrN3O. The third kappa shape index (κ3) is 4.70. The second-order valence-electron chi connectivity index (χ2n) is 4.06. The first kappa shape index (κ1) is 13.1. The van der Waals surface area contributed by atoms with Gasteiger partial charge in [-0.15, -0.1) is 0 Å². The summed E-state index contributed by atoms with van der Waals surface area (Å²) in [6.45, 7) is 4.92. The lowest BCUT2D eigenvalue weighted by atomic mass is 10.1. The molecule has 0 saturated carbocycles. The van der Waals surface area contributed by atoms with Crippen molar-refractivity contribution in [3.63, 3.8) is 0 Å². The Bertz CT molecular complexity index is 329. The summed E-state index contributed by atoms with van der Waals surface area (Å²) < 4.78 is 0. The van der Waals surface area contributed by atoms with Crippen LogP contribution < -0.4 is 5.32 Å². The molecule has 0 aliphatic rings. The van der Waals surface area contributed by atoms with E-state index in [0.717, 1.165) is 6.42 Å². The second-order valence-corrected chi connectivity index (χ2v) is 5.36. The first-order chi connectivity index (χ1) is 7.59. The Hall–Kier alpha value is -0.970. The molecule has 1 aromatic rings. The van der Waals surface area contributed by atoms with E-state index in [9.17, 15) is 4.79 Å². The van der Waals surface area contributed by atoms with Crippen LogP contribution in [0.3, 0.4) is 0 Å². The Balaban J connectivity index is 2.36. The summed E-state index contributed by atoms with van der Waals surface area (Å²) in [5, 5.41) is 2.84. The monoisotopic (exact) mass is 285 g/mol. The fraction of sp³-hybridized carbons (Fsp3) is 0.545. The van der Waals surface area contributed by atoms with Crippen molar-refractivity contribution in [3.05, 3.63) is 24.3 Å². The number of alkyl halides is 1. The molecule has 0 radical (unpaired) electrons. The van der Waals surface area contributed by atoms with Crippen LogP contribution in [0.5, 0.6) is 0 Å². The molecule has 1 atom stereocenters. The lowest BCUT2D eigenvalue weighted by molar-refractivity contribution is 0.0952. The molecule has 0 aliphatic carbocycles. The van der Waals surface area contributed by atoms with Crippen LogP contribution in [0, 0.1) is 5.92 Å². The molecular weight excluding hydrogens is 270 g/mol. The molecule has 1 unspecified atom stereocenters. The van der Waals surface area contributed by atoms with Crippen molar-refractivity contribution in [1.29, 1.82) is 0 Å². The van der Waals surface area contributed by atoms with Crippen LogP contribution in [0.25, 0.3) is 0 Å². The molecule has 1 N–H and O–H groups in total. The number of aromatic nitrogens is 2. The number of nitrogens with zero attached hydrogens (tertiary/aromatic N) is 2. The van der Waals surface area contributed by atoms with Gasteiger partial charge in [-0.2, -0.15) is 0 Å². The quantitative estimate of drug-likeness (QED) is 0.842. The van der Waals surface area contributed by atoms with Crippen molar-refractivity contribution in [3.8, 4) is 0 Å². The Kier molecular flexibility index (Phi) is 5.38. The fourth-order valence-corrected chi connectivity index (χ4v) is 2.23. The molecule has 1 heterocycles. The highest BCUT2D eigenvalue weighted by molar-refractivity contribution is 9.09. The van der Waals surface area contributed by atoms with Gasteiger partial charge in [-0.1, -0.05) is 29.8 Å². The number of carbonyl (C=O) groups is 1. The predicted octanol–water partition coefficient (Wildman–Crippen LogP) is 2.02. The van der Waals surface area contributed by atoms with Crippen molar-refractivity contribution < 1.29 is 4.79 Å². The first-order valence-electron chi connectivity index (χ1n) is 5.27. The standard InChI is InChI=1S/C11H16BrN3O/c1-8(2)3-10(12)6-15-11(16)9-4-13-7-14-5-9/h4-5,7-8,10H,3,6H2,1-2H3,(H,15,16). The minimum absolute atomic E-state index is 0.131. The molecule has 16 heavy (non-hydrogen) atoms. The van der Waals surface area contributed by atoms with E-state index in [1.165, 1.54) is 18.7 Å². The Morgan fingerprint density at radius 2 is 2.06 bits per heavy atom. The minimum Gasteiger partial charge on any atom is -0.351 e. The summed E-state index contributed by atoms with van der Waals surface area (Å²) in [4.78, 5) is 19.5. The molecule has 1 amide bonds. The Labute approximate surface area is 104 Å². The molecule has 0 aliphatic heterocycles. The number of nitrogens with one attached hydrogen (secondary N) is 1. The molecule has 1 aromatic heterocycles. The number of hydrogen-bond donors (Lipinski definition) is 1. The average molecular weight is 286 g/mol. The van der Waals surface area contributed by atoms with Crippen LogP contribution in [0.1, 0.15) is 30.6 Å². The molecule has 1 rings (SSSR count). The van der Waals surface area contributed by atoms with E-state index >= 15 is 0 Å². The third-order valence-corrected chi connectivity index (χ3v) is 2.73.